The predicted octanol–water partition coefficient (Wildman–Crippen LogP) is 12.0. The van der Waals surface area contributed by atoms with Crippen molar-refractivity contribution in [3.05, 3.63) is 144 Å². The van der Waals surface area contributed by atoms with Gasteiger partial charge in [-0.2, -0.15) is 0 Å². The van der Waals surface area contributed by atoms with Crippen LogP contribution in [-0.4, -0.2) is 16.2 Å². The highest BCUT2D eigenvalue weighted by atomic mass is 16.5. The molecule has 0 spiro atoms. The number of phenolic OH excluding ortho intramolecular Hbond substituents is 2. The number of esters is 1. The Labute approximate surface area is 290 Å². The molecule has 0 saturated heterocycles. The number of hydrogen-bond acceptors (Lipinski definition) is 4. The molecule has 0 aliphatic carbocycles. The summed E-state index contributed by atoms with van der Waals surface area (Å²) in [5.74, 6) is 0.502. The average Bonchev–Trinajstić information content (AvgIpc) is 3.07. The van der Waals surface area contributed by atoms with Crippen LogP contribution in [0.3, 0.4) is 0 Å². The molecule has 2 N–H and O–H groups in total. The number of benzene rings is 2. The molecule has 2 aromatic rings. The molecule has 0 heterocycles. The average molecular weight is 649 g/mol. The van der Waals surface area contributed by atoms with E-state index < -0.39 is 5.97 Å². The van der Waals surface area contributed by atoms with Gasteiger partial charge in [0.05, 0.1) is 0 Å². The fraction of sp³-hybridized carbons (Fsp3) is 0.341. The Balaban J connectivity index is 1.74. The number of unbranched alkanes of at least 4 members (excludes halogenated alkanes) is 9. The maximum Gasteiger partial charge on any atom is 0.336 e. The first kappa shape index (κ1) is 39.6. The third kappa shape index (κ3) is 19.2. The van der Waals surface area contributed by atoms with Crippen LogP contribution in [-0.2, 0) is 17.6 Å². The van der Waals surface area contributed by atoms with E-state index >= 15 is 0 Å². The minimum atomic E-state index is -0.456. The lowest BCUT2D eigenvalue weighted by atomic mass is 9.99. The summed E-state index contributed by atoms with van der Waals surface area (Å²) in [6.07, 6.45) is 44.9. The summed E-state index contributed by atoms with van der Waals surface area (Å²) in [4.78, 5) is 12.6. The maximum absolute atomic E-state index is 12.6. The smallest absolute Gasteiger partial charge is 0.336 e. The summed E-state index contributed by atoms with van der Waals surface area (Å²) < 4.78 is 5.72. The fourth-order valence-electron chi connectivity index (χ4n) is 5.05. The zero-order valence-corrected chi connectivity index (χ0v) is 29.1. The lowest BCUT2D eigenvalue weighted by Crippen LogP contribution is -2.07. The van der Waals surface area contributed by atoms with Crippen LogP contribution in [0.5, 0.6) is 17.2 Å². The fourth-order valence-corrected chi connectivity index (χ4v) is 5.05. The van der Waals surface area contributed by atoms with Crippen molar-refractivity contribution in [2.75, 3.05) is 0 Å². The van der Waals surface area contributed by atoms with E-state index in [1.54, 1.807) is 24.3 Å². The molecule has 0 bridgehead atoms. The van der Waals surface area contributed by atoms with E-state index in [4.69, 9.17) is 4.74 Å². The minimum Gasteiger partial charge on any atom is -0.508 e. The zero-order valence-electron chi connectivity index (χ0n) is 29.1. The van der Waals surface area contributed by atoms with Crippen molar-refractivity contribution in [3.8, 4) is 17.2 Å². The molecule has 48 heavy (non-hydrogen) atoms. The number of ether oxygens (including phenoxy) is 1. The molecule has 0 aliphatic heterocycles. The number of allylic oxidation sites excluding steroid dienone is 14. The van der Waals surface area contributed by atoms with Gasteiger partial charge in [0, 0.05) is 11.6 Å². The molecule has 0 unspecified atom stereocenters. The summed E-state index contributed by atoms with van der Waals surface area (Å²) in [7, 11) is 0. The molecule has 0 radical (unpaired) electrons. The molecule has 256 valence electrons. The molecule has 2 aromatic carbocycles. The number of phenols is 2. The number of carbonyl (C=O) groups excluding carboxylic acids is 1. The Morgan fingerprint density at radius 1 is 0.583 bits per heavy atom. The van der Waals surface area contributed by atoms with E-state index in [1.807, 2.05) is 103 Å². The molecule has 2 rings (SSSR count). The Bertz CT molecular complexity index is 1410. The van der Waals surface area contributed by atoms with Crippen LogP contribution in [0, 0.1) is 0 Å². The molecule has 0 atom stereocenters. The van der Waals surface area contributed by atoms with Gasteiger partial charge < -0.3 is 14.9 Å². The van der Waals surface area contributed by atoms with Crippen molar-refractivity contribution in [2.45, 2.75) is 97.3 Å². The largest absolute Gasteiger partial charge is 0.508 e. The molecule has 4 heteroatoms. The van der Waals surface area contributed by atoms with Crippen molar-refractivity contribution in [2.24, 2.45) is 0 Å². The second kappa shape index (κ2) is 26.5. The molecule has 0 fully saturated rings. The van der Waals surface area contributed by atoms with Crippen molar-refractivity contribution in [3.63, 3.8) is 0 Å². The highest BCUT2D eigenvalue weighted by Gasteiger charge is 2.14. The van der Waals surface area contributed by atoms with Crippen LogP contribution >= 0.6 is 0 Å². The topological polar surface area (TPSA) is 66.8 Å². The van der Waals surface area contributed by atoms with E-state index in [0.717, 1.165) is 42.4 Å². The first-order chi connectivity index (χ1) is 23.5. The third-order valence-electron chi connectivity index (χ3n) is 7.63. The number of rotatable bonds is 23. The Kier molecular flexibility index (Phi) is 21.9. The van der Waals surface area contributed by atoms with E-state index in [-0.39, 0.29) is 11.5 Å². The van der Waals surface area contributed by atoms with E-state index in [0.29, 0.717) is 12.2 Å². The maximum atomic E-state index is 12.6. The van der Waals surface area contributed by atoms with E-state index in [1.165, 1.54) is 57.4 Å². The van der Waals surface area contributed by atoms with Crippen LogP contribution in [0.15, 0.2) is 128 Å². The molecular weight excluding hydrogens is 592 g/mol. The zero-order chi connectivity index (χ0) is 34.5. The van der Waals surface area contributed by atoms with Crippen LogP contribution < -0.4 is 4.74 Å². The lowest BCUT2D eigenvalue weighted by molar-refractivity contribution is -0.129. The number of aryl methyl sites for hydroxylation is 1. The summed E-state index contributed by atoms with van der Waals surface area (Å²) in [6, 6.07) is 10.8. The summed E-state index contributed by atoms with van der Waals surface area (Å²) in [6.45, 7) is 4.34. The number of carbonyl (C=O) groups is 1. The molecular formula is C44H56O4. The summed E-state index contributed by atoms with van der Waals surface area (Å²) >= 11 is 0. The predicted molar refractivity (Wildman–Crippen MR) is 204 cm³/mol. The number of hydrogen-bond donors (Lipinski definition) is 2. The first-order valence-corrected chi connectivity index (χ1v) is 17.7. The quantitative estimate of drug-likeness (QED) is 0.0414. The molecule has 4 nitrogen and oxygen atoms in total. The van der Waals surface area contributed by atoms with Gasteiger partial charge >= 0.3 is 5.97 Å². The summed E-state index contributed by atoms with van der Waals surface area (Å²) in [5, 5.41) is 20.1. The van der Waals surface area contributed by atoms with Gasteiger partial charge in [0.25, 0.3) is 0 Å². The highest BCUT2D eigenvalue weighted by molar-refractivity contribution is 5.84. The Morgan fingerprint density at radius 2 is 1.08 bits per heavy atom. The second-order valence-corrected chi connectivity index (χ2v) is 11.8. The van der Waals surface area contributed by atoms with Crippen molar-refractivity contribution in [1.82, 2.24) is 0 Å². The van der Waals surface area contributed by atoms with Crippen LogP contribution in [0.2, 0.25) is 0 Å². The van der Waals surface area contributed by atoms with Gasteiger partial charge in [0.2, 0.25) is 0 Å². The molecule has 0 aromatic heterocycles. The SMILES string of the molecule is CCCCCCCCCCCCc1c(O)cc(CCC)cc1OC(=O)C=CC=CC=CC=CC=CC=CC=CC=Cc1ccc(O)cc1. The van der Waals surface area contributed by atoms with Crippen LogP contribution in [0.25, 0.3) is 6.08 Å². The van der Waals surface area contributed by atoms with Crippen molar-refractivity contribution < 1.29 is 19.7 Å². The number of aromatic hydroxyl groups is 2. The standard InChI is InChI=1S/C44H56O4/c1-3-5-6-7-8-9-17-20-23-26-30-41-42(46)36-39(28-4-2)37-43(41)48-44(47)31-27-24-21-18-15-13-11-10-12-14-16-19-22-25-29-38-32-34-40(45)35-33-38/h10-16,18-19,21-22,24-25,27,29,31-37,45-46H,3-9,17,20,23,26,28,30H2,1-2H3. The van der Waals surface area contributed by atoms with Crippen LogP contribution in [0.1, 0.15) is 101 Å². The molecule has 0 aliphatic rings. The van der Waals surface area contributed by atoms with Crippen molar-refractivity contribution in [1.29, 1.82) is 0 Å². The van der Waals surface area contributed by atoms with Gasteiger partial charge in [0.15, 0.2) is 0 Å². The monoisotopic (exact) mass is 648 g/mol. The second-order valence-electron chi connectivity index (χ2n) is 11.8. The van der Waals surface area contributed by atoms with Crippen molar-refractivity contribution >= 4 is 12.0 Å². The first-order valence-electron chi connectivity index (χ1n) is 17.7. The van der Waals surface area contributed by atoms with Gasteiger partial charge in [-0.1, -0.05) is 181 Å². The highest BCUT2D eigenvalue weighted by Crippen LogP contribution is 2.32. The van der Waals surface area contributed by atoms with Gasteiger partial charge in [-0.3, -0.25) is 0 Å². The van der Waals surface area contributed by atoms with E-state index in [9.17, 15) is 15.0 Å². The lowest BCUT2D eigenvalue weighted by Gasteiger charge is -2.13. The third-order valence-corrected chi connectivity index (χ3v) is 7.63. The van der Waals surface area contributed by atoms with Crippen LogP contribution in [0.4, 0.5) is 0 Å². The van der Waals surface area contributed by atoms with Gasteiger partial charge in [0.1, 0.15) is 17.2 Å². The Morgan fingerprint density at radius 3 is 1.62 bits per heavy atom. The van der Waals surface area contributed by atoms with E-state index in [2.05, 4.69) is 13.8 Å². The molecule has 0 saturated carbocycles. The van der Waals surface area contributed by atoms with Gasteiger partial charge in [-0.05, 0) is 54.7 Å². The molecule has 0 amide bonds. The van der Waals surface area contributed by atoms with Gasteiger partial charge in [-0.15, -0.1) is 0 Å². The Hall–Kier alpha value is -4.57. The minimum absolute atomic E-state index is 0.222. The van der Waals surface area contributed by atoms with Gasteiger partial charge in [-0.25, -0.2) is 4.79 Å². The summed E-state index contributed by atoms with van der Waals surface area (Å²) in [5.41, 5.74) is 2.73. The normalized spacial score (nSPS) is 12.6.